The minimum Gasteiger partial charge on any atom is -0.356 e. The lowest BCUT2D eigenvalue weighted by atomic mass is 9.86. The van der Waals surface area contributed by atoms with Gasteiger partial charge in [-0.15, -0.1) is 0 Å². The highest BCUT2D eigenvalue weighted by Crippen LogP contribution is 2.24. The molecule has 0 saturated heterocycles. The normalized spacial score (nSPS) is 12.6. The summed E-state index contributed by atoms with van der Waals surface area (Å²) in [6.07, 6.45) is 0. The molecule has 2 rings (SSSR count). The van der Waals surface area contributed by atoms with Crippen LogP contribution >= 0.6 is 23.8 Å². The molecule has 2 N–H and O–H groups in total. The van der Waals surface area contributed by atoms with Crippen LogP contribution in [0.3, 0.4) is 0 Å². The first-order valence-corrected chi connectivity index (χ1v) is 8.48. The minimum atomic E-state index is 0.117. The second kappa shape index (κ2) is 7.33. The van der Waals surface area contributed by atoms with Gasteiger partial charge in [-0.1, -0.05) is 68.8 Å². The van der Waals surface area contributed by atoms with Crippen molar-refractivity contribution in [2.75, 3.05) is 5.32 Å². The number of nitrogens with one attached hydrogen (secondary N) is 2. The van der Waals surface area contributed by atoms with E-state index in [9.17, 15) is 0 Å². The number of thiocarbonyl (C=S) groups is 1. The Labute approximate surface area is 149 Å². The van der Waals surface area contributed by atoms with E-state index in [1.54, 1.807) is 0 Å². The number of rotatable bonds is 3. The maximum absolute atomic E-state index is 6.13. The summed E-state index contributed by atoms with van der Waals surface area (Å²) in [4.78, 5) is 0. The van der Waals surface area contributed by atoms with Crippen LogP contribution in [0.4, 0.5) is 5.69 Å². The van der Waals surface area contributed by atoms with Gasteiger partial charge >= 0.3 is 0 Å². The molecule has 2 aromatic rings. The summed E-state index contributed by atoms with van der Waals surface area (Å²) in [6, 6.07) is 16.3. The number of hydrogen-bond acceptors (Lipinski definition) is 1. The molecule has 1 atom stereocenters. The summed E-state index contributed by atoms with van der Waals surface area (Å²) in [5, 5.41) is 7.64. The van der Waals surface area contributed by atoms with Crippen LogP contribution in [0.1, 0.15) is 44.9 Å². The fourth-order valence-corrected chi connectivity index (χ4v) is 2.74. The van der Waals surface area contributed by atoms with Crippen molar-refractivity contribution < 1.29 is 0 Å². The molecule has 0 aliphatic heterocycles. The molecule has 0 saturated carbocycles. The van der Waals surface area contributed by atoms with Crippen molar-refractivity contribution in [3.8, 4) is 0 Å². The van der Waals surface area contributed by atoms with Gasteiger partial charge in [0.25, 0.3) is 0 Å². The topological polar surface area (TPSA) is 24.1 Å². The maximum atomic E-state index is 6.13. The molecule has 2 nitrogen and oxygen atoms in total. The monoisotopic (exact) mass is 346 g/mol. The summed E-state index contributed by atoms with van der Waals surface area (Å²) in [5.41, 5.74) is 3.49. The van der Waals surface area contributed by atoms with Gasteiger partial charge in [-0.2, -0.15) is 0 Å². The molecule has 0 bridgehead atoms. The minimum absolute atomic E-state index is 0.117. The zero-order chi connectivity index (χ0) is 17.0. The SMILES string of the molecule is C[C@H](NC(=S)Nc1ccccc1Cl)c1ccc(C(C)(C)C)cc1. The molecule has 0 unspecified atom stereocenters. The first-order valence-electron chi connectivity index (χ1n) is 7.70. The van der Waals surface area contributed by atoms with E-state index in [0.29, 0.717) is 10.1 Å². The van der Waals surface area contributed by atoms with Gasteiger partial charge in [-0.25, -0.2) is 0 Å². The van der Waals surface area contributed by atoms with E-state index < -0.39 is 0 Å². The highest BCUT2D eigenvalue weighted by atomic mass is 35.5. The van der Waals surface area contributed by atoms with Crippen LogP contribution in [0.2, 0.25) is 5.02 Å². The van der Waals surface area contributed by atoms with Gasteiger partial charge in [-0.05, 0) is 47.8 Å². The summed E-state index contributed by atoms with van der Waals surface area (Å²) in [6.45, 7) is 8.73. The number of hydrogen-bond donors (Lipinski definition) is 2. The van der Waals surface area contributed by atoms with E-state index in [-0.39, 0.29) is 11.5 Å². The lowest BCUT2D eigenvalue weighted by molar-refractivity contribution is 0.589. The fourth-order valence-electron chi connectivity index (χ4n) is 2.27. The molecule has 0 aliphatic rings. The third-order valence-corrected chi connectivity index (χ3v) is 4.30. The van der Waals surface area contributed by atoms with Gasteiger partial charge in [0.05, 0.1) is 16.8 Å². The summed E-state index contributed by atoms with van der Waals surface area (Å²) >= 11 is 11.5. The van der Waals surface area contributed by atoms with E-state index in [2.05, 4.69) is 62.6 Å². The molecule has 4 heteroatoms. The van der Waals surface area contributed by atoms with Crippen molar-refractivity contribution in [2.24, 2.45) is 0 Å². The molecule has 0 spiro atoms. The van der Waals surface area contributed by atoms with Crippen LogP contribution in [0, 0.1) is 0 Å². The van der Waals surface area contributed by atoms with Crippen molar-refractivity contribution in [3.05, 3.63) is 64.7 Å². The van der Waals surface area contributed by atoms with E-state index in [0.717, 1.165) is 5.69 Å². The van der Waals surface area contributed by atoms with Crippen LogP contribution in [-0.4, -0.2) is 5.11 Å². The molecule has 0 fully saturated rings. The Morgan fingerprint density at radius 2 is 1.65 bits per heavy atom. The summed E-state index contributed by atoms with van der Waals surface area (Å²) in [7, 11) is 0. The van der Waals surface area contributed by atoms with Crippen LogP contribution in [0.25, 0.3) is 0 Å². The van der Waals surface area contributed by atoms with Crippen LogP contribution in [-0.2, 0) is 5.41 Å². The Morgan fingerprint density at radius 1 is 1.04 bits per heavy atom. The van der Waals surface area contributed by atoms with Crippen molar-refractivity contribution in [2.45, 2.75) is 39.2 Å². The van der Waals surface area contributed by atoms with Crippen LogP contribution < -0.4 is 10.6 Å². The zero-order valence-corrected chi connectivity index (χ0v) is 15.6. The number of benzene rings is 2. The molecule has 23 heavy (non-hydrogen) atoms. The molecule has 0 aliphatic carbocycles. The maximum Gasteiger partial charge on any atom is 0.171 e. The highest BCUT2D eigenvalue weighted by molar-refractivity contribution is 7.80. The van der Waals surface area contributed by atoms with Gasteiger partial charge in [0, 0.05) is 0 Å². The first-order chi connectivity index (χ1) is 10.8. The van der Waals surface area contributed by atoms with Gasteiger partial charge in [0.1, 0.15) is 0 Å². The van der Waals surface area contributed by atoms with Crippen molar-refractivity contribution in [1.29, 1.82) is 0 Å². The van der Waals surface area contributed by atoms with Crippen molar-refractivity contribution in [1.82, 2.24) is 5.32 Å². The molecule has 122 valence electrons. The lowest BCUT2D eigenvalue weighted by Gasteiger charge is -2.21. The average molecular weight is 347 g/mol. The van der Waals surface area contributed by atoms with Crippen molar-refractivity contribution >= 4 is 34.6 Å². The molecular weight excluding hydrogens is 324 g/mol. The van der Waals surface area contributed by atoms with Crippen LogP contribution in [0.15, 0.2) is 48.5 Å². The van der Waals surface area contributed by atoms with Crippen LogP contribution in [0.5, 0.6) is 0 Å². The second-order valence-electron chi connectivity index (χ2n) is 6.67. The molecule has 0 radical (unpaired) electrons. The molecule has 0 aromatic heterocycles. The van der Waals surface area contributed by atoms with E-state index in [1.165, 1.54) is 11.1 Å². The second-order valence-corrected chi connectivity index (χ2v) is 7.49. The Kier molecular flexibility index (Phi) is 5.66. The summed E-state index contributed by atoms with van der Waals surface area (Å²) in [5.74, 6) is 0. The predicted octanol–water partition coefficient (Wildman–Crippen LogP) is 5.69. The van der Waals surface area contributed by atoms with Gasteiger partial charge in [0.15, 0.2) is 5.11 Å². The Bertz CT molecular complexity index is 675. The highest BCUT2D eigenvalue weighted by Gasteiger charge is 2.14. The number of anilines is 1. The Hall–Kier alpha value is -1.58. The smallest absolute Gasteiger partial charge is 0.171 e. The lowest BCUT2D eigenvalue weighted by Crippen LogP contribution is -2.31. The van der Waals surface area contributed by atoms with E-state index >= 15 is 0 Å². The number of halogens is 1. The quantitative estimate of drug-likeness (QED) is 0.698. The predicted molar refractivity (Wildman–Crippen MR) is 104 cm³/mol. The Balaban J connectivity index is 2.00. The molecular formula is C19H23ClN2S. The standard InChI is InChI=1S/C19H23ClN2S/c1-13(14-9-11-15(12-10-14)19(2,3)4)21-18(23)22-17-8-6-5-7-16(17)20/h5-13H,1-4H3,(H2,21,22,23)/t13-/m0/s1. The van der Waals surface area contributed by atoms with Gasteiger partial charge in [-0.3, -0.25) is 0 Å². The molecule has 0 heterocycles. The van der Waals surface area contributed by atoms with Gasteiger partial charge in [0.2, 0.25) is 0 Å². The van der Waals surface area contributed by atoms with E-state index in [1.807, 2.05) is 24.3 Å². The third kappa shape index (κ3) is 4.95. The largest absolute Gasteiger partial charge is 0.356 e. The first kappa shape index (κ1) is 17.8. The van der Waals surface area contributed by atoms with Crippen molar-refractivity contribution in [3.63, 3.8) is 0 Å². The molecule has 0 amide bonds. The summed E-state index contributed by atoms with van der Waals surface area (Å²) < 4.78 is 0. The van der Waals surface area contributed by atoms with E-state index in [4.69, 9.17) is 23.8 Å². The number of para-hydroxylation sites is 1. The van der Waals surface area contributed by atoms with Gasteiger partial charge < -0.3 is 10.6 Å². The Morgan fingerprint density at radius 3 is 2.22 bits per heavy atom. The average Bonchev–Trinajstić information content (AvgIpc) is 2.49. The fraction of sp³-hybridized carbons (Fsp3) is 0.316. The third-order valence-electron chi connectivity index (χ3n) is 3.75. The molecule has 2 aromatic carbocycles. The zero-order valence-electron chi connectivity index (χ0n) is 14.0.